The molecule has 0 aliphatic carbocycles. The lowest BCUT2D eigenvalue weighted by Gasteiger charge is -2.16. The van der Waals surface area contributed by atoms with Crippen LogP contribution in [0.4, 0.5) is 5.69 Å². The second-order valence-electron chi connectivity index (χ2n) is 4.53. The Morgan fingerprint density at radius 1 is 1.19 bits per heavy atom. The van der Waals surface area contributed by atoms with Gasteiger partial charge in [-0.15, -0.1) is 0 Å². The zero-order valence-corrected chi connectivity index (χ0v) is 11.0. The van der Waals surface area contributed by atoms with Gasteiger partial charge in [0.05, 0.1) is 6.26 Å². The Labute approximate surface area is 97.9 Å². The molecule has 1 aromatic rings. The molecule has 0 fully saturated rings. The minimum absolute atomic E-state index is 0.418. The molecule has 1 aromatic carbocycles. The Bertz CT molecular complexity index is 452. The van der Waals surface area contributed by atoms with E-state index in [9.17, 15) is 8.42 Å². The molecule has 0 aliphatic heterocycles. The van der Waals surface area contributed by atoms with Crippen molar-refractivity contribution >= 4 is 15.7 Å². The van der Waals surface area contributed by atoms with Crippen LogP contribution in [0.25, 0.3) is 0 Å². The molecule has 0 saturated carbocycles. The van der Waals surface area contributed by atoms with Gasteiger partial charge in [-0.05, 0) is 29.5 Å². The van der Waals surface area contributed by atoms with E-state index in [1.165, 1.54) is 0 Å². The van der Waals surface area contributed by atoms with Gasteiger partial charge in [0.15, 0.2) is 0 Å². The molecule has 16 heavy (non-hydrogen) atoms. The molecule has 3 nitrogen and oxygen atoms in total. The van der Waals surface area contributed by atoms with Crippen molar-refractivity contribution in [2.24, 2.45) is 5.92 Å². The molecule has 90 valence electrons. The monoisotopic (exact) mass is 241 g/mol. The Morgan fingerprint density at radius 3 is 2.31 bits per heavy atom. The summed E-state index contributed by atoms with van der Waals surface area (Å²) in [5.41, 5.74) is 1.79. The Kier molecular flexibility index (Phi) is 3.97. The van der Waals surface area contributed by atoms with Crippen LogP contribution < -0.4 is 4.72 Å². The molecule has 0 amide bonds. The van der Waals surface area contributed by atoms with Crippen molar-refractivity contribution in [1.29, 1.82) is 0 Å². The molecular weight excluding hydrogens is 222 g/mol. The first kappa shape index (κ1) is 13.0. The molecule has 0 spiro atoms. The van der Waals surface area contributed by atoms with Crippen molar-refractivity contribution in [1.82, 2.24) is 0 Å². The summed E-state index contributed by atoms with van der Waals surface area (Å²) < 4.78 is 24.7. The van der Waals surface area contributed by atoms with E-state index >= 15 is 0 Å². The van der Waals surface area contributed by atoms with Gasteiger partial charge in [0.1, 0.15) is 0 Å². The van der Waals surface area contributed by atoms with Gasteiger partial charge >= 0.3 is 0 Å². The van der Waals surface area contributed by atoms with Crippen molar-refractivity contribution < 1.29 is 8.42 Å². The first-order valence-corrected chi connectivity index (χ1v) is 7.26. The lowest BCUT2D eigenvalue weighted by atomic mass is 9.90. The summed E-state index contributed by atoms with van der Waals surface area (Å²) in [5.74, 6) is 0.954. The largest absolute Gasteiger partial charge is 0.284 e. The Balaban J connectivity index is 2.95. The van der Waals surface area contributed by atoms with Gasteiger partial charge in [-0.3, -0.25) is 4.72 Å². The number of rotatable bonds is 4. The van der Waals surface area contributed by atoms with Gasteiger partial charge < -0.3 is 0 Å². The van der Waals surface area contributed by atoms with Crippen molar-refractivity contribution in [3.8, 4) is 0 Å². The summed E-state index contributed by atoms with van der Waals surface area (Å²) >= 11 is 0. The summed E-state index contributed by atoms with van der Waals surface area (Å²) in [5, 5.41) is 0. The summed E-state index contributed by atoms with van der Waals surface area (Å²) in [6.45, 7) is 6.45. The van der Waals surface area contributed by atoms with Gasteiger partial charge in [-0.1, -0.05) is 32.9 Å². The molecule has 1 unspecified atom stereocenters. The first-order valence-electron chi connectivity index (χ1n) is 5.37. The van der Waals surface area contributed by atoms with Gasteiger partial charge in [-0.2, -0.15) is 0 Å². The maximum Gasteiger partial charge on any atom is 0.229 e. The van der Waals surface area contributed by atoms with E-state index < -0.39 is 10.0 Å². The molecule has 1 atom stereocenters. The van der Waals surface area contributed by atoms with Crippen LogP contribution in [0, 0.1) is 5.92 Å². The molecule has 0 heterocycles. The number of benzene rings is 1. The molecule has 0 aromatic heterocycles. The molecule has 0 saturated heterocycles. The van der Waals surface area contributed by atoms with Gasteiger partial charge in [0.2, 0.25) is 10.0 Å². The fourth-order valence-electron chi connectivity index (χ4n) is 1.48. The highest BCUT2D eigenvalue weighted by Gasteiger charge is 2.10. The normalized spacial score (nSPS) is 13.8. The van der Waals surface area contributed by atoms with E-state index in [1.54, 1.807) is 6.07 Å². The highest BCUT2D eigenvalue weighted by Crippen LogP contribution is 2.25. The van der Waals surface area contributed by atoms with E-state index in [1.807, 2.05) is 18.2 Å². The zero-order chi connectivity index (χ0) is 12.3. The fraction of sp³-hybridized carbons (Fsp3) is 0.500. The summed E-state index contributed by atoms with van der Waals surface area (Å²) in [6, 6.07) is 7.56. The SMILES string of the molecule is CC(C)C(C)c1cccc(NS(C)(=O)=O)c1. The maximum absolute atomic E-state index is 11.1. The standard InChI is InChI=1S/C12H19NO2S/c1-9(2)10(3)11-6-5-7-12(8-11)13-16(4,14)15/h5-10,13H,1-4H3. The highest BCUT2D eigenvalue weighted by molar-refractivity contribution is 7.92. The van der Waals surface area contributed by atoms with Gasteiger partial charge in [0, 0.05) is 5.69 Å². The topological polar surface area (TPSA) is 46.2 Å². The number of hydrogen-bond acceptors (Lipinski definition) is 2. The van der Waals surface area contributed by atoms with Crippen LogP contribution in [0.5, 0.6) is 0 Å². The minimum atomic E-state index is -3.19. The lowest BCUT2D eigenvalue weighted by molar-refractivity contribution is 0.535. The van der Waals surface area contributed by atoms with Crippen LogP contribution in [0.1, 0.15) is 32.3 Å². The Morgan fingerprint density at radius 2 is 1.81 bits per heavy atom. The average molecular weight is 241 g/mol. The third-order valence-electron chi connectivity index (χ3n) is 2.72. The number of hydrogen-bond donors (Lipinski definition) is 1. The number of sulfonamides is 1. The lowest BCUT2D eigenvalue weighted by Crippen LogP contribution is -2.10. The predicted octanol–water partition coefficient (Wildman–Crippen LogP) is 2.82. The van der Waals surface area contributed by atoms with Crippen LogP contribution in [0.15, 0.2) is 24.3 Å². The summed E-state index contributed by atoms with van der Waals surface area (Å²) in [4.78, 5) is 0. The third kappa shape index (κ3) is 3.85. The van der Waals surface area contributed by atoms with Gasteiger partial charge in [0.25, 0.3) is 0 Å². The molecule has 1 rings (SSSR count). The van der Waals surface area contributed by atoms with Crippen molar-refractivity contribution in [3.05, 3.63) is 29.8 Å². The molecule has 0 bridgehead atoms. The predicted molar refractivity (Wildman–Crippen MR) is 68.2 cm³/mol. The second kappa shape index (κ2) is 4.87. The molecule has 1 N–H and O–H groups in total. The van der Waals surface area contributed by atoms with E-state index in [-0.39, 0.29) is 0 Å². The van der Waals surface area contributed by atoms with Crippen LogP contribution in [-0.2, 0) is 10.0 Å². The van der Waals surface area contributed by atoms with E-state index in [0.29, 0.717) is 17.5 Å². The first-order chi connectivity index (χ1) is 7.29. The fourth-order valence-corrected chi connectivity index (χ4v) is 2.04. The highest BCUT2D eigenvalue weighted by atomic mass is 32.2. The Hall–Kier alpha value is -1.03. The summed E-state index contributed by atoms with van der Waals surface area (Å²) in [6.07, 6.45) is 1.16. The van der Waals surface area contributed by atoms with E-state index in [4.69, 9.17) is 0 Å². The van der Waals surface area contributed by atoms with Crippen molar-refractivity contribution in [3.63, 3.8) is 0 Å². The van der Waals surface area contributed by atoms with E-state index in [0.717, 1.165) is 11.8 Å². The zero-order valence-electron chi connectivity index (χ0n) is 10.2. The number of nitrogens with one attached hydrogen (secondary N) is 1. The second-order valence-corrected chi connectivity index (χ2v) is 6.28. The third-order valence-corrected chi connectivity index (χ3v) is 3.32. The molecule has 0 radical (unpaired) electrons. The van der Waals surface area contributed by atoms with Crippen LogP contribution in [0.2, 0.25) is 0 Å². The van der Waals surface area contributed by atoms with Crippen LogP contribution in [-0.4, -0.2) is 14.7 Å². The smallest absolute Gasteiger partial charge is 0.229 e. The number of anilines is 1. The minimum Gasteiger partial charge on any atom is -0.284 e. The van der Waals surface area contributed by atoms with Crippen LogP contribution in [0.3, 0.4) is 0 Å². The average Bonchev–Trinajstić information content (AvgIpc) is 2.14. The van der Waals surface area contributed by atoms with Crippen molar-refractivity contribution in [2.75, 3.05) is 11.0 Å². The molecular formula is C12H19NO2S. The molecule has 4 heteroatoms. The van der Waals surface area contributed by atoms with Gasteiger partial charge in [-0.25, -0.2) is 8.42 Å². The maximum atomic E-state index is 11.1. The quantitative estimate of drug-likeness (QED) is 0.881. The molecule has 0 aliphatic rings. The van der Waals surface area contributed by atoms with E-state index in [2.05, 4.69) is 25.5 Å². The summed E-state index contributed by atoms with van der Waals surface area (Å²) in [7, 11) is -3.19. The van der Waals surface area contributed by atoms with Crippen LogP contribution >= 0.6 is 0 Å². The van der Waals surface area contributed by atoms with Crippen molar-refractivity contribution in [2.45, 2.75) is 26.7 Å².